The van der Waals surface area contributed by atoms with Crippen molar-refractivity contribution in [2.75, 3.05) is 4.61 Å². The van der Waals surface area contributed by atoms with Crippen LogP contribution >= 0.6 is 22.6 Å². The van der Waals surface area contributed by atoms with E-state index >= 15 is 0 Å². The summed E-state index contributed by atoms with van der Waals surface area (Å²) in [5.41, 5.74) is 2.84. The zero-order valence-electron chi connectivity index (χ0n) is 8.00. The molecule has 1 aromatic rings. The highest BCUT2D eigenvalue weighted by atomic mass is 127. The van der Waals surface area contributed by atoms with Crippen LogP contribution in [-0.2, 0) is 11.2 Å². The molecule has 0 spiro atoms. The van der Waals surface area contributed by atoms with E-state index in [-0.39, 0.29) is 0 Å². The van der Waals surface area contributed by atoms with Crippen LogP contribution in [0.5, 0.6) is 0 Å². The van der Waals surface area contributed by atoms with Gasteiger partial charge in [-0.25, -0.2) is 0 Å². The average molecular weight is 300 g/mol. The first-order valence-corrected chi connectivity index (χ1v) is 6.36. The number of benzene rings is 1. The van der Waals surface area contributed by atoms with Crippen molar-refractivity contribution in [3.63, 3.8) is 0 Å². The molecule has 2 heteroatoms. The molecule has 0 heterocycles. The Balaban J connectivity index is 2.05. The molecule has 0 bridgehead atoms. The summed E-state index contributed by atoms with van der Waals surface area (Å²) < 4.78 is 6.39. The zero-order valence-corrected chi connectivity index (χ0v) is 10.2. The maximum Gasteiger partial charge on any atom is 0.138 e. The summed E-state index contributed by atoms with van der Waals surface area (Å²) in [6, 6.07) is 10.5. The van der Waals surface area contributed by atoms with Gasteiger partial charge >= 0.3 is 0 Å². The van der Waals surface area contributed by atoms with Gasteiger partial charge in [0.25, 0.3) is 0 Å². The lowest BCUT2D eigenvalue weighted by Crippen LogP contribution is -1.95. The topological polar surface area (TPSA) is 9.23 Å². The Morgan fingerprint density at radius 2 is 1.93 bits per heavy atom. The summed E-state index contributed by atoms with van der Waals surface area (Å²) in [6.07, 6.45) is 3.43. The van der Waals surface area contributed by atoms with E-state index in [0.29, 0.717) is 0 Å². The molecule has 0 unspecified atom stereocenters. The predicted octanol–water partition coefficient (Wildman–Crippen LogP) is 3.69. The first-order chi connectivity index (χ1) is 6.90. The highest BCUT2D eigenvalue weighted by Crippen LogP contribution is 2.33. The molecule has 0 saturated heterocycles. The number of alkyl halides is 1. The van der Waals surface area contributed by atoms with Gasteiger partial charge in [0.15, 0.2) is 0 Å². The van der Waals surface area contributed by atoms with Crippen molar-refractivity contribution in [3.05, 3.63) is 47.2 Å². The van der Waals surface area contributed by atoms with Crippen LogP contribution in [0.25, 0.3) is 0 Å². The molecule has 14 heavy (non-hydrogen) atoms. The van der Waals surface area contributed by atoms with Crippen LogP contribution in [0.15, 0.2) is 41.7 Å². The normalized spacial score (nSPS) is 13.9. The van der Waals surface area contributed by atoms with Crippen molar-refractivity contribution >= 4 is 22.6 Å². The Bertz CT molecular complexity index is 323. The van der Waals surface area contributed by atoms with Crippen molar-refractivity contribution in [3.8, 4) is 0 Å². The van der Waals surface area contributed by atoms with Crippen LogP contribution in [0, 0.1) is 0 Å². The van der Waals surface area contributed by atoms with Crippen LogP contribution in [0.3, 0.4) is 0 Å². The summed E-state index contributed by atoms with van der Waals surface area (Å²) in [7, 11) is 0. The highest BCUT2D eigenvalue weighted by molar-refractivity contribution is 14.1. The molecule has 0 N–H and O–H groups in total. The largest absolute Gasteiger partial charge is 0.487 e. The van der Waals surface area contributed by atoms with Gasteiger partial charge in [0.2, 0.25) is 0 Å². The first kappa shape index (κ1) is 10.0. The van der Waals surface area contributed by atoms with Gasteiger partial charge in [-0.2, -0.15) is 0 Å². The summed E-state index contributed by atoms with van der Waals surface area (Å²) in [4.78, 5) is 0. The lowest BCUT2D eigenvalue weighted by Gasteiger charge is -2.07. The fourth-order valence-electron chi connectivity index (χ4n) is 1.47. The van der Waals surface area contributed by atoms with Crippen molar-refractivity contribution in [2.45, 2.75) is 19.3 Å². The van der Waals surface area contributed by atoms with E-state index in [9.17, 15) is 0 Å². The van der Waals surface area contributed by atoms with Crippen LogP contribution in [0.2, 0.25) is 0 Å². The number of hydrogen-bond donors (Lipinski definition) is 0. The van der Waals surface area contributed by atoms with Gasteiger partial charge in [-0.15, -0.1) is 0 Å². The second-order valence-corrected chi connectivity index (χ2v) is 4.07. The molecule has 0 radical (unpaired) electrons. The second kappa shape index (κ2) is 4.82. The van der Waals surface area contributed by atoms with Crippen LogP contribution < -0.4 is 0 Å². The fraction of sp³-hybridized carbons (Fsp3) is 0.333. The fourth-order valence-corrected chi connectivity index (χ4v) is 1.84. The molecular weight excluding hydrogens is 287 g/mol. The number of ether oxygens (including phenoxy) is 1. The third-order valence-corrected chi connectivity index (χ3v) is 2.64. The van der Waals surface area contributed by atoms with E-state index in [1.807, 2.05) is 6.07 Å². The smallest absolute Gasteiger partial charge is 0.138 e. The molecule has 0 amide bonds. The lowest BCUT2D eigenvalue weighted by molar-refractivity contribution is 0.272. The first-order valence-electron chi connectivity index (χ1n) is 4.83. The van der Waals surface area contributed by atoms with Crippen molar-refractivity contribution < 1.29 is 4.74 Å². The van der Waals surface area contributed by atoms with E-state index in [1.54, 1.807) is 0 Å². The summed E-state index contributed by atoms with van der Waals surface area (Å²) >= 11 is 2.25. The molecule has 0 atom stereocenters. The number of halogens is 1. The molecule has 1 aliphatic rings. The summed E-state index contributed by atoms with van der Waals surface area (Å²) in [6.45, 7) is 0. The minimum atomic E-state index is 0.753. The Morgan fingerprint density at radius 3 is 2.50 bits per heavy atom. The zero-order chi connectivity index (χ0) is 9.80. The highest BCUT2D eigenvalue weighted by Gasteiger charge is 2.18. The molecule has 2 rings (SSSR count). The van der Waals surface area contributed by atoms with E-state index in [0.717, 1.165) is 11.0 Å². The van der Waals surface area contributed by atoms with Gasteiger partial charge in [0, 0.05) is 6.42 Å². The lowest BCUT2D eigenvalue weighted by atomic mass is 10.1. The van der Waals surface area contributed by atoms with E-state index in [2.05, 4.69) is 46.9 Å². The van der Waals surface area contributed by atoms with E-state index in [4.69, 9.17) is 4.74 Å². The van der Waals surface area contributed by atoms with Crippen molar-refractivity contribution in [1.82, 2.24) is 0 Å². The van der Waals surface area contributed by atoms with Crippen LogP contribution in [0.1, 0.15) is 18.4 Å². The van der Waals surface area contributed by atoms with E-state index in [1.165, 1.54) is 29.7 Å². The van der Waals surface area contributed by atoms with E-state index < -0.39 is 0 Å². The summed E-state index contributed by atoms with van der Waals surface area (Å²) in [5.74, 6) is 1.20. The SMILES string of the molecule is ICOC(Cc1ccccc1)=C1CC1. The van der Waals surface area contributed by atoms with Gasteiger partial charge in [0.1, 0.15) is 10.4 Å². The van der Waals surface area contributed by atoms with Gasteiger partial charge in [-0.05, 0) is 46.6 Å². The molecule has 1 aromatic carbocycles. The Labute approximate surface area is 98.3 Å². The van der Waals surface area contributed by atoms with Gasteiger partial charge < -0.3 is 4.74 Å². The molecule has 74 valence electrons. The molecule has 1 aliphatic carbocycles. The van der Waals surface area contributed by atoms with Gasteiger partial charge in [0.05, 0.1) is 0 Å². The van der Waals surface area contributed by atoms with Crippen molar-refractivity contribution in [1.29, 1.82) is 0 Å². The molecule has 1 saturated carbocycles. The van der Waals surface area contributed by atoms with Gasteiger partial charge in [-0.1, -0.05) is 30.3 Å². The number of rotatable bonds is 4. The predicted molar refractivity (Wildman–Crippen MR) is 66.4 cm³/mol. The molecule has 1 nitrogen and oxygen atoms in total. The Hall–Kier alpha value is -0.510. The molecule has 0 aromatic heterocycles. The van der Waals surface area contributed by atoms with Crippen LogP contribution in [-0.4, -0.2) is 4.61 Å². The van der Waals surface area contributed by atoms with Crippen LogP contribution in [0.4, 0.5) is 0 Å². The third kappa shape index (κ3) is 2.74. The maximum absolute atomic E-state index is 5.64. The maximum atomic E-state index is 5.64. The standard InChI is InChI=1S/C12H13IO/c13-9-14-12(11-6-7-11)8-10-4-2-1-3-5-10/h1-5H,6-9H2. The monoisotopic (exact) mass is 300 g/mol. The Morgan fingerprint density at radius 1 is 1.21 bits per heavy atom. The second-order valence-electron chi connectivity index (χ2n) is 3.44. The minimum absolute atomic E-state index is 0.753. The Kier molecular flexibility index (Phi) is 3.45. The molecular formula is C12H13IO. The van der Waals surface area contributed by atoms with Crippen molar-refractivity contribution in [2.24, 2.45) is 0 Å². The average Bonchev–Trinajstić information content (AvgIpc) is 3.02. The molecule has 0 aliphatic heterocycles. The quantitative estimate of drug-likeness (QED) is 0.468. The molecule has 1 fully saturated rings. The number of allylic oxidation sites excluding steroid dienone is 2. The number of hydrogen-bond acceptors (Lipinski definition) is 1. The van der Waals surface area contributed by atoms with Gasteiger partial charge in [-0.3, -0.25) is 0 Å². The third-order valence-electron chi connectivity index (χ3n) is 2.33. The minimum Gasteiger partial charge on any atom is -0.487 e. The summed E-state index contributed by atoms with van der Waals surface area (Å²) in [5, 5.41) is 0.